The minimum atomic E-state index is -0.403. The van der Waals surface area contributed by atoms with Gasteiger partial charge in [-0.1, -0.05) is 29.3 Å². The molecule has 0 fully saturated rings. The zero-order valence-corrected chi connectivity index (χ0v) is 14.1. The van der Waals surface area contributed by atoms with Crippen molar-refractivity contribution in [2.45, 2.75) is 6.54 Å². The van der Waals surface area contributed by atoms with E-state index in [0.717, 1.165) is 4.88 Å². The number of carbonyl (C=O) groups is 2. The van der Waals surface area contributed by atoms with Gasteiger partial charge in [0.15, 0.2) is 0 Å². The largest absolute Gasteiger partial charge is 0.343 e. The second kappa shape index (κ2) is 7.63. The van der Waals surface area contributed by atoms with Gasteiger partial charge in [0.1, 0.15) is 0 Å². The number of carbonyl (C=O) groups excluding carboxylic acids is 2. The van der Waals surface area contributed by atoms with Gasteiger partial charge in [-0.2, -0.15) is 0 Å². The zero-order valence-electron chi connectivity index (χ0n) is 11.8. The summed E-state index contributed by atoms with van der Waals surface area (Å²) in [6.07, 6.45) is 0. The van der Waals surface area contributed by atoms with E-state index >= 15 is 0 Å². The number of likely N-dealkylation sites (N-methyl/N-ethyl adjacent to an activating group) is 1. The number of hydrogen-bond acceptors (Lipinski definition) is 3. The van der Waals surface area contributed by atoms with Crippen molar-refractivity contribution < 1.29 is 9.59 Å². The van der Waals surface area contributed by atoms with E-state index in [4.69, 9.17) is 23.2 Å². The molecule has 1 aromatic heterocycles. The maximum atomic E-state index is 12.0. The topological polar surface area (TPSA) is 49.4 Å². The summed E-state index contributed by atoms with van der Waals surface area (Å²) in [6.45, 7) is 0.438. The Kier molecular flexibility index (Phi) is 5.83. The minimum Gasteiger partial charge on any atom is -0.343 e. The number of rotatable bonds is 5. The molecule has 0 spiro atoms. The highest BCUT2D eigenvalue weighted by molar-refractivity contribution is 7.09. The van der Waals surface area contributed by atoms with Gasteiger partial charge in [-0.05, 0) is 29.6 Å². The predicted octanol–water partition coefficient (Wildman–Crippen LogP) is 3.44. The van der Waals surface area contributed by atoms with Crippen molar-refractivity contribution in [2.75, 3.05) is 13.6 Å². The Hall–Kier alpha value is -1.56. The molecule has 4 nitrogen and oxygen atoms in total. The molecule has 0 saturated carbocycles. The summed E-state index contributed by atoms with van der Waals surface area (Å²) in [6, 6.07) is 8.48. The fraction of sp³-hybridized carbons (Fsp3) is 0.200. The molecule has 0 radical (unpaired) electrons. The van der Waals surface area contributed by atoms with Gasteiger partial charge in [0.25, 0.3) is 5.91 Å². The molecule has 0 unspecified atom stereocenters. The van der Waals surface area contributed by atoms with Crippen molar-refractivity contribution in [1.82, 2.24) is 10.2 Å². The van der Waals surface area contributed by atoms with Crippen LogP contribution < -0.4 is 5.32 Å². The summed E-state index contributed by atoms with van der Waals surface area (Å²) in [7, 11) is 1.70. The molecular formula is C15H14Cl2N2O2S. The number of benzene rings is 1. The van der Waals surface area contributed by atoms with Crippen molar-refractivity contribution in [3.8, 4) is 0 Å². The molecule has 0 aliphatic heterocycles. The molecule has 0 aliphatic carbocycles. The highest BCUT2D eigenvalue weighted by atomic mass is 35.5. The van der Waals surface area contributed by atoms with E-state index in [9.17, 15) is 9.59 Å². The standard InChI is InChI=1S/C15H14Cl2N2O2S/c1-19(9-11-3-2-6-22-11)14(20)8-18-15(21)12-5-4-10(16)7-13(12)17/h2-7H,8-9H2,1H3,(H,18,21). The predicted molar refractivity (Wildman–Crippen MR) is 89.6 cm³/mol. The number of amides is 2. The Morgan fingerprint density at radius 1 is 1.27 bits per heavy atom. The normalized spacial score (nSPS) is 10.3. The molecule has 0 aliphatic rings. The summed E-state index contributed by atoms with van der Waals surface area (Å²) < 4.78 is 0. The minimum absolute atomic E-state index is 0.0837. The summed E-state index contributed by atoms with van der Waals surface area (Å²) in [5, 5.41) is 5.23. The molecule has 2 aromatic rings. The van der Waals surface area contributed by atoms with Crippen LogP contribution in [0.25, 0.3) is 0 Å². The van der Waals surface area contributed by atoms with E-state index < -0.39 is 5.91 Å². The molecular weight excluding hydrogens is 343 g/mol. The Morgan fingerprint density at radius 3 is 2.68 bits per heavy atom. The molecule has 1 heterocycles. The van der Waals surface area contributed by atoms with E-state index in [1.807, 2.05) is 17.5 Å². The molecule has 2 amide bonds. The Labute approximate surface area is 142 Å². The van der Waals surface area contributed by atoms with Crippen LogP contribution in [-0.4, -0.2) is 30.3 Å². The fourth-order valence-corrected chi connectivity index (χ4v) is 3.04. The molecule has 1 aromatic carbocycles. The number of thiophene rings is 1. The lowest BCUT2D eigenvalue weighted by atomic mass is 10.2. The monoisotopic (exact) mass is 356 g/mol. The maximum Gasteiger partial charge on any atom is 0.253 e. The van der Waals surface area contributed by atoms with Crippen molar-refractivity contribution in [1.29, 1.82) is 0 Å². The quantitative estimate of drug-likeness (QED) is 0.891. The highest BCUT2D eigenvalue weighted by Gasteiger charge is 2.14. The van der Waals surface area contributed by atoms with Crippen LogP contribution in [0.15, 0.2) is 35.7 Å². The van der Waals surface area contributed by atoms with Crippen molar-refractivity contribution >= 4 is 46.4 Å². The smallest absolute Gasteiger partial charge is 0.253 e. The summed E-state index contributed by atoms with van der Waals surface area (Å²) in [5.41, 5.74) is 0.291. The van der Waals surface area contributed by atoms with Gasteiger partial charge in [-0.15, -0.1) is 11.3 Å². The average Bonchev–Trinajstić information content (AvgIpc) is 2.97. The molecule has 2 rings (SSSR count). The zero-order chi connectivity index (χ0) is 16.1. The first-order valence-corrected chi connectivity index (χ1v) is 8.10. The summed E-state index contributed by atoms with van der Waals surface area (Å²) in [4.78, 5) is 26.7. The molecule has 22 heavy (non-hydrogen) atoms. The molecule has 7 heteroatoms. The van der Waals surface area contributed by atoms with Gasteiger partial charge in [0, 0.05) is 16.9 Å². The third-order valence-corrected chi connectivity index (χ3v) is 4.38. The van der Waals surface area contributed by atoms with Crippen molar-refractivity contribution in [3.63, 3.8) is 0 Å². The van der Waals surface area contributed by atoms with Crippen LogP contribution in [0.5, 0.6) is 0 Å². The first kappa shape index (κ1) is 16.8. The highest BCUT2D eigenvalue weighted by Crippen LogP contribution is 2.20. The second-order valence-electron chi connectivity index (χ2n) is 4.64. The van der Waals surface area contributed by atoms with Crippen LogP contribution in [-0.2, 0) is 11.3 Å². The first-order valence-electron chi connectivity index (χ1n) is 6.47. The van der Waals surface area contributed by atoms with Gasteiger partial charge >= 0.3 is 0 Å². The fourth-order valence-electron chi connectivity index (χ4n) is 1.78. The lowest BCUT2D eigenvalue weighted by Gasteiger charge is -2.16. The van der Waals surface area contributed by atoms with Crippen LogP contribution in [0.1, 0.15) is 15.2 Å². The lowest BCUT2D eigenvalue weighted by Crippen LogP contribution is -2.37. The van der Waals surface area contributed by atoms with Crippen molar-refractivity contribution in [2.24, 2.45) is 0 Å². The number of nitrogens with zero attached hydrogens (tertiary/aromatic N) is 1. The molecule has 1 N–H and O–H groups in total. The van der Waals surface area contributed by atoms with E-state index in [0.29, 0.717) is 17.1 Å². The van der Waals surface area contributed by atoms with Gasteiger partial charge in [0.05, 0.1) is 23.7 Å². The van der Waals surface area contributed by atoms with Crippen LogP contribution in [0.2, 0.25) is 10.0 Å². The maximum absolute atomic E-state index is 12.0. The summed E-state index contributed by atoms with van der Waals surface area (Å²) in [5.74, 6) is -0.577. The van der Waals surface area contributed by atoms with Gasteiger partial charge < -0.3 is 10.2 Å². The number of halogens is 2. The van der Waals surface area contributed by atoms with Crippen LogP contribution in [0.3, 0.4) is 0 Å². The average molecular weight is 357 g/mol. The third kappa shape index (κ3) is 4.47. The van der Waals surface area contributed by atoms with Crippen molar-refractivity contribution in [3.05, 3.63) is 56.2 Å². The number of hydrogen-bond donors (Lipinski definition) is 1. The van der Waals surface area contributed by atoms with E-state index in [1.165, 1.54) is 12.1 Å². The second-order valence-corrected chi connectivity index (χ2v) is 6.51. The Bertz CT molecular complexity index is 674. The molecule has 0 saturated heterocycles. The molecule has 0 atom stereocenters. The SMILES string of the molecule is CN(Cc1cccs1)C(=O)CNC(=O)c1ccc(Cl)cc1Cl. The van der Waals surface area contributed by atoms with E-state index in [1.54, 1.807) is 29.4 Å². The van der Waals surface area contributed by atoms with E-state index in [2.05, 4.69) is 5.32 Å². The van der Waals surface area contributed by atoms with Crippen LogP contribution in [0.4, 0.5) is 0 Å². The third-order valence-electron chi connectivity index (χ3n) is 2.97. The molecule has 0 bridgehead atoms. The molecule has 116 valence electrons. The Balaban J connectivity index is 1.88. The van der Waals surface area contributed by atoms with Gasteiger partial charge in [-0.3, -0.25) is 9.59 Å². The number of nitrogens with one attached hydrogen (secondary N) is 1. The van der Waals surface area contributed by atoms with Crippen LogP contribution in [0, 0.1) is 0 Å². The van der Waals surface area contributed by atoms with Gasteiger partial charge in [-0.25, -0.2) is 0 Å². The van der Waals surface area contributed by atoms with E-state index in [-0.39, 0.29) is 17.5 Å². The first-order chi connectivity index (χ1) is 10.5. The summed E-state index contributed by atoms with van der Waals surface area (Å²) >= 11 is 13.3. The van der Waals surface area contributed by atoms with Crippen LogP contribution >= 0.6 is 34.5 Å². The Morgan fingerprint density at radius 2 is 2.05 bits per heavy atom. The van der Waals surface area contributed by atoms with Gasteiger partial charge in [0.2, 0.25) is 5.91 Å². The lowest BCUT2D eigenvalue weighted by molar-refractivity contribution is -0.129.